The van der Waals surface area contributed by atoms with E-state index >= 15 is 0 Å². The largest absolute Gasteiger partial charge is 0.340 e. The summed E-state index contributed by atoms with van der Waals surface area (Å²) in [7, 11) is 0. The van der Waals surface area contributed by atoms with E-state index in [9.17, 15) is 9.59 Å². The van der Waals surface area contributed by atoms with Crippen molar-refractivity contribution in [2.24, 2.45) is 5.92 Å². The summed E-state index contributed by atoms with van der Waals surface area (Å²) in [6, 6.07) is 3.66. The van der Waals surface area contributed by atoms with Crippen molar-refractivity contribution in [1.29, 1.82) is 0 Å². The third kappa shape index (κ3) is 2.14. The maximum absolute atomic E-state index is 12.9. The van der Waals surface area contributed by atoms with Crippen LogP contribution in [0.2, 0.25) is 0 Å². The van der Waals surface area contributed by atoms with Gasteiger partial charge in [0.1, 0.15) is 11.6 Å². The number of thiophene rings is 1. The molecule has 1 aromatic heterocycles. The first kappa shape index (κ1) is 13.6. The standard InChI is InChI=1S/C15H20N2O2S/c1-3-12-13(18)16-15(2,10-6-7-10)14(19)17(12)9-11-5-4-8-20-11/h4-5,8,10,12H,3,6-7,9H2,1-2H3,(H,16,18). The Morgan fingerprint density at radius 1 is 1.45 bits per heavy atom. The van der Waals surface area contributed by atoms with Crippen LogP contribution in [-0.2, 0) is 16.1 Å². The van der Waals surface area contributed by atoms with E-state index in [-0.39, 0.29) is 17.9 Å². The quantitative estimate of drug-likeness (QED) is 0.924. The minimum atomic E-state index is -0.694. The van der Waals surface area contributed by atoms with Crippen molar-refractivity contribution in [3.8, 4) is 0 Å². The molecule has 1 aromatic rings. The zero-order valence-electron chi connectivity index (χ0n) is 11.9. The molecule has 0 aromatic carbocycles. The second-order valence-corrected chi connectivity index (χ2v) is 6.93. The fourth-order valence-electron chi connectivity index (χ4n) is 3.07. The van der Waals surface area contributed by atoms with Gasteiger partial charge in [-0.25, -0.2) is 0 Å². The molecule has 1 aliphatic heterocycles. The van der Waals surface area contributed by atoms with Crippen LogP contribution in [0.25, 0.3) is 0 Å². The van der Waals surface area contributed by atoms with Crippen LogP contribution in [0.15, 0.2) is 17.5 Å². The zero-order chi connectivity index (χ0) is 14.3. The summed E-state index contributed by atoms with van der Waals surface area (Å²) in [6.07, 6.45) is 2.72. The fraction of sp³-hybridized carbons (Fsp3) is 0.600. The van der Waals surface area contributed by atoms with Gasteiger partial charge in [0.2, 0.25) is 11.8 Å². The molecule has 3 rings (SSSR count). The van der Waals surface area contributed by atoms with Crippen LogP contribution in [0.3, 0.4) is 0 Å². The van der Waals surface area contributed by atoms with Gasteiger partial charge in [-0.05, 0) is 43.6 Å². The van der Waals surface area contributed by atoms with Gasteiger partial charge in [0.25, 0.3) is 0 Å². The van der Waals surface area contributed by atoms with Crippen molar-refractivity contribution in [3.05, 3.63) is 22.4 Å². The Hall–Kier alpha value is -1.36. The summed E-state index contributed by atoms with van der Waals surface area (Å²) < 4.78 is 0. The van der Waals surface area contributed by atoms with Crippen LogP contribution in [0.5, 0.6) is 0 Å². The highest BCUT2D eigenvalue weighted by atomic mass is 32.1. The van der Waals surface area contributed by atoms with E-state index in [4.69, 9.17) is 0 Å². The molecule has 2 fully saturated rings. The van der Waals surface area contributed by atoms with Crippen LogP contribution >= 0.6 is 11.3 Å². The number of carbonyl (C=O) groups is 2. The van der Waals surface area contributed by atoms with Gasteiger partial charge >= 0.3 is 0 Å². The molecular formula is C15H20N2O2S. The summed E-state index contributed by atoms with van der Waals surface area (Å²) in [4.78, 5) is 28.2. The number of amides is 2. The van der Waals surface area contributed by atoms with Gasteiger partial charge < -0.3 is 10.2 Å². The van der Waals surface area contributed by atoms with Gasteiger partial charge in [0, 0.05) is 4.88 Å². The van der Waals surface area contributed by atoms with Crippen LogP contribution in [-0.4, -0.2) is 28.3 Å². The second-order valence-electron chi connectivity index (χ2n) is 5.90. The van der Waals surface area contributed by atoms with E-state index < -0.39 is 5.54 Å². The summed E-state index contributed by atoms with van der Waals surface area (Å²) in [5.74, 6) is 0.389. The molecule has 1 saturated heterocycles. The molecule has 2 atom stereocenters. The van der Waals surface area contributed by atoms with Gasteiger partial charge in [0.05, 0.1) is 6.54 Å². The first-order valence-electron chi connectivity index (χ1n) is 7.21. The maximum Gasteiger partial charge on any atom is 0.249 e. The number of rotatable bonds is 4. The van der Waals surface area contributed by atoms with Crippen molar-refractivity contribution in [2.75, 3.05) is 0 Å². The number of hydrogen-bond donors (Lipinski definition) is 1. The first-order valence-corrected chi connectivity index (χ1v) is 8.09. The van der Waals surface area contributed by atoms with E-state index in [2.05, 4.69) is 5.32 Å². The smallest absolute Gasteiger partial charge is 0.249 e. The third-order valence-corrected chi connectivity index (χ3v) is 5.31. The molecule has 4 nitrogen and oxygen atoms in total. The van der Waals surface area contributed by atoms with Crippen molar-refractivity contribution >= 4 is 23.2 Å². The van der Waals surface area contributed by atoms with Crippen molar-refractivity contribution in [3.63, 3.8) is 0 Å². The lowest BCUT2D eigenvalue weighted by Gasteiger charge is -2.44. The van der Waals surface area contributed by atoms with Crippen LogP contribution in [0.4, 0.5) is 0 Å². The van der Waals surface area contributed by atoms with E-state index in [0.29, 0.717) is 18.9 Å². The molecular weight excluding hydrogens is 272 g/mol. The molecule has 2 unspecified atom stereocenters. The van der Waals surface area contributed by atoms with Gasteiger partial charge in [-0.3, -0.25) is 9.59 Å². The number of hydrogen-bond acceptors (Lipinski definition) is 3. The van der Waals surface area contributed by atoms with Crippen molar-refractivity contribution in [2.45, 2.75) is 51.2 Å². The molecule has 0 bridgehead atoms. The Kier molecular flexibility index (Phi) is 3.32. The molecule has 108 valence electrons. The molecule has 5 heteroatoms. The van der Waals surface area contributed by atoms with Crippen molar-refractivity contribution in [1.82, 2.24) is 10.2 Å². The van der Waals surface area contributed by atoms with Gasteiger partial charge in [-0.15, -0.1) is 11.3 Å². The Bertz CT molecular complexity index is 524. The molecule has 2 amide bonds. The highest BCUT2D eigenvalue weighted by Gasteiger charge is 2.54. The normalized spacial score (nSPS) is 30.5. The van der Waals surface area contributed by atoms with E-state index in [1.807, 2.05) is 31.4 Å². The predicted molar refractivity (Wildman–Crippen MR) is 78.2 cm³/mol. The number of nitrogens with zero attached hydrogens (tertiary/aromatic N) is 1. The first-order chi connectivity index (χ1) is 9.56. The molecule has 20 heavy (non-hydrogen) atoms. The lowest BCUT2D eigenvalue weighted by molar-refractivity contribution is -0.156. The topological polar surface area (TPSA) is 49.4 Å². The number of piperazine rings is 1. The molecule has 1 saturated carbocycles. The van der Waals surface area contributed by atoms with E-state index in [1.165, 1.54) is 0 Å². The van der Waals surface area contributed by atoms with Gasteiger partial charge in [-0.1, -0.05) is 13.0 Å². The Morgan fingerprint density at radius 3 is 2.75 bits per heavy atom. The molecule has 1 N–H and O–H groups in total. The highest BCUT2D eigenvalue weighted by Crippen LogP contribution is 2.42. The summed E-state index contributed by atoms with van der Waals surface area (Å²) in [5, 5.41) is 4.99. The summed E-state index contributed by atoms with van der Waals surface area (Å²) >= 11 is 1.63. The molecule has 0 radical (unpaired) electrons. The van der Waals surface area contributed by atoms with Gasteiger partial charge in [0.15, 0.2) is 0 Å². The highest BCUT2D eigenvalue weighted by molar-refractivity contribution is 7.09. The Labute approximate surface area is 123 Å². The predicted octanol–water partition coefficient (Wildman–Crippen LogP) is 2.15. The van der Waals surface area contributed by atoms with E-state index in [1.54, 1.807) is 16.2 Å². The van der Waals surface area contributed by atoms with Gasteiger partial charge in [-0.2, -0.15) is 0 Å². The minimum Gasteiger partial charge on any atom is -0.340 e. The number of carbonyl (C=O) groups excluding carboxylic acids is 2. The SMILES string of the molecule is CCC1C(=O)NC(C)(C2CC2)C(=O)N1Cc1cccs1. The average molecular weight is 292 g/mol. The average Bonchev–Trinajstić information content (AvgIpc) is 3.16. The zero-order valence-corrected chi connectivity index (χ0v) is 12.7. The molecule has 1 aliphatic carbocycles. The second kappa shape index (κ2) is 4.88. The van der Waals surface area contributed by atoms with Crippen LogP contribution in [0.1, 0.15) is 38.0 Å². The van der Waals surface area contributed by atoms with Crippen LogP contribution < -0.4 is 5.32 Å². The number of nitrogens with one attached hydrogen (secondary N) is 1. The maximum atomic E-state index is 12.9. The lowest BCUT2D eigenvalue weighted by atomic mass is 9.89. The minimum absolute atomic E-state index is 0.00180. The van der Waals surface area contributed by atoms with Crippen LogP contribution in [0, 0.1) is 5.92 Å². The van der Waals surface area contributed by atoms with Crippen molar-refractivity contribution < 1.29 is 9.59 Å². The Morgan fingerprint density at radius 2 is 2.20 bits per heavy atom. The Balaban J connectivity index is 1.89. The third-order valence-electron chi connectivity index (χ3n) is 4.45. The summed E-state index contributed by atoms with van der Waals surface area (Å²) in [5.41, 5.74) is -0.694. The summed E-state index contributed by atoms with van der Waals surface area (Å²) in [6.45, 7) is 4.39. The molecule has 0 spiro atoms. The lowest BCUT2D eigenvalue weighted by Crippen LogP contribution is -2.69. The molecule has 2 aliphatic rings. The molecule has 2 heterocycles. The monoisotopic (exact) mass is 292 g/mol. The fourth-order valence-corrected chi connectivity index (χ4v) is 3.77. The van der Waals surface area contributed by atoms with E-state index in [0.717, 1.165) is 17.7 Å².